The van der Waals surface area contributed by atoms with Crippen molar-refractivity contribution in [1.29, 1.82) is 0 Å². The Hall–Kier alpha value is -1.94. The van der Waals surface area contributed by atoms with E-state index in [4.69, 9.17) is 10.5 Å². The average molecular weight is 263 g/mol. The van der Waals surface area contributed by atoms with E-state index in [9.17, 15) is 8.78 Å². The largest absolute Gasteiger partial charge is 0.454 e. The van der Waals surface area contributed by atoms with Gasteiger partial charge in [0.15, 0.2) is 11.6 Å². The van der Waals surface area contributed by atoms with E-state index in [0.29, 0.717) is 24.3 Å². The highest BCUT2D eigenvalue weighted by atomic mass is 19.1. The number of aryl methyl sites for hydroxylation is 1. The van der Waals surface area contributed by atoms with Crippen molar-refractivity contribution in [3.05, 3.63) is 59.2 Å². The van der Waals surface area contributed by atoms with Crippen LogP contribution in [0.3, 0.4) is 0 Å². The van der Waals surface area contributed by atoms with Gasteiger partial charge in [-0.15, -0.1) is 0 Å². The van der Waals surface area contributed by atoms with Crippen molar-refractivity contribution in [2.45, 2.75) is 13.3 Å². The molecule has 2 nitrogen and oxygen atoms in total. The molecular weight excluding hydrogens is 248 g/mol. The number of benzene rings is 2. The van der Waals surface area contributed by atoms with Crippen molar-refractivity contribution in [3.63, 3.8) is 0 Å². The normalized spacial score (nSPS) is 10.5. The lowest BCUT2D eigenvalue weighted by Crippen LogP contribution is -2.04. The molecule has 0 amide bonds. The van der Waals surface area contributed by atoms with Gasteiger partial charge < -0.3 is 10.5 Å². The highest BCUT2D eigenvalue weighted by Gasteiger charge is 2.09. The minimum atomic E-state index is -0.450. The summed E-state index contributed by atoms with van der Waals surface area (Å²) < 4.78 is 32.3. The Morgan fingerprint density at radius 1 is 1.05 bits per heavy atom. The molecule has 0 saturated carbocycles. The zero-order valence-corrected chi connectivity index (χ0v) is 10.6. The van der Waals surface area contributed by atoms with Gasteiger partial charge in [-0.2, -0.15) is 0 Å². The first-order chi connectivity index (χ1) is 9.10. The molecule has 2 aromatic carbocycles. The van der Waals surface area contributed by atoms with Gasteiger partial charge in [-0.3, -0.25) is 0 Å². The highest BCUT2D eigenvalue weighted by Crippen LogP contribution is 2.29. The first kappa shape index (κ1) is 13.5. The molecule has 0 fully saturated rings. The zero-order chi connectivity index (χ0) is 13.8. The second-order valence-electron chi connectivity index (χ2n) is 4.33. The molecule has 100 valence electrons. The summed E-state index contributed by atoms with van der Waals surface area (Å²) in [6.45, 7) is 2.22. The molecule has 0 bridgehead atoms. The molecule has 0 heterocycles. The fourth-order valence-electron chi connectivity index (χ4n) is 1.81. The second kappa shape index (κ2) is 5.80. The summed E-state index contributed by atoms with van der Waals surface area (Å²) in [4.78, 5) is 0. The zero-order valence-electron chi connectivity index (χ0n) is 10.6. The number of ether oxygens (including phenoxy) is 1. The van der Waals surface area contributed by atoms with E-state index < -0.39 is 5.82 Å². The van der Waals surface area contributed by atoms with Crippen LogP contribution in [-0.2, 0) is 6.42 Å². The van der Waals surface area contributed by atoms with E-state index in [1.165, 1.54) is 24.3 Å². The summed E-state index contributed by atoms with van der Waals surface area (Å²) in [5.74, 6) is -0.254. The van der Waals surface area contributed by atoms with E-state index in [1.54, 1.807) is 12.1 Å². The molecule has 2 aromatic rings. The van der Waals surface area contributed by atoms with Crippen molar-refractivity contribution in [3.8, 4) is 11.5 Å². The number of halogens is 2. The lowest BCUT2D eigenvalue weighted by atomic mass is 10.1. The SMILES string of the molecule is Cc1ccc(F)c(Oc2ccc(F)cc2CCN)c1. The van der Waals surface area contributed by atoms with Gasteiger partial charge in [-0.05, 0) is 61.3 Å². The van der Waals surface area contributed by atoms with Crippen LogP contribution in [0.1, 0.15) is 11.1 Å². The Kier molecular flexibility index (Phi) is 4.12. The molecule has 0 aromatic heterocycles. The summed E-state index contributed by atoms with van der Waals surface area (Å²) in [6, 6.07) is 8.73. The molecule has 0 atom stereocenters. The van der Waals surface area contributed by atoms with Crippen LogP contribution in [0, 0.1) is 18.6 Å². The van der Waals surface area contributed by atoms with Crippen molar-refractivity contribution in [1.82, 2.24) is 0 Å². The second-order valence-corrected chi connectivity index (χ2v) is 4.33. The average Bonchev–Trinajstić information content (AvgIpc) is 2.37. The van der Waals surface area contributed by atoms with Crippen LogP contribution in [0.4, 0.5) is 8.78 Å². The van der Waals surface area contributed by atoms with Crippen LogP contribution in [-0.4, -0.2) is 6.54 Å². The maximum atomic E-state index is 13.6. The molecule has 4 heteroatoms. The molecule has 2 N–H and O–H groups in total. The van der Waals surface area contributed by atoms with E-state index in [2.05, 4.69) is 0 Å². The van der Waals surface area contributed by atoms with Crippen LogP contribution < -0.4 is 10.5 Å². The Bertz CT molecular complexity index is 584. The minimum absolute atomic E-state index is 0.130. The highest BCUT2D eigenvalue weighted by molar-refractivity contribution is 5.40. The van der Waals surface area contributed by atoms with Gasteiger partial charge in [0.05, 0.1) is 0 Å². The molecule has 0 aliphatic rings. The lowest BCUT2D eigenvalue weighted by molar-refractivity contribution is 0.436. The summed E-state index contributed by atoms with van der Waals surface area (Å²) >= 11 is 0. The lowest BCUT2D eigenvalue weighted by Gasteiger charge is -2.12. The molecule has 0 spiro atoms. The Morgan fingerprint density at radius 2 is 1.84 bits per heavy atom. The maximum absolute atomic E-state index is 13.6. The van der Waals surface area contributed by atoms with Gasteiger partial charge in [0.25, 0.3) is 0 Å². The number of hydrogen-bond acceptors (Lipinski definition) is 2. The predicted molar refractivity (Wildman–Crippen MR) is 70.4 cm³/mol. The Labute approximate surface area is 110 Å². The quantitative estimate of drug-likeness (QED) is 0.915. The summed E-state index contributed by atoms with van der Waals surface area (Å²) in [5, 5.41) is 0. The smallest absolute Gasteiger partial charge is 0.165 e. The van der Waals surface area contributed by atoms with Crippen molar-refractivity contribution >= 4 is 0 Å². The van der Waals surface area contributed by atoms with E-state index in [-0.39, 0.29) is 11.6 Å². The van der Waals surface area contributed by atoms with Gasteiger partial charge >= 0.3 is 0 Å². The standard InChI is InChI=1S/C15H15F2NO/c1-10-2-4-13(17)15(8-10)19-14-5-3-12(16)9-11(14)6-7-18/h2-5,8-9H,6-7,18H2,1H3. The Morgan fingerprint density at radius 3 is 2.58 bits per heavy atom. The van der Waals surface area contributed by atoms with Crippen LogP contribution in [0.25, 0.3) is 0 Å². The van der Waals surface area contributed by atoms with Gasteiger partial charge in [0.2, 0.25) is 0 Å². The summed E-state index contributed by atoms with van der Waals surface area (Å²) in [5.41, 5.74) is 6.99. The predicted octanol–water partition coefficient (Wildman–Crippen LogP) is 3.57. The van der Waals surface area contributed by atoms with Crippen LogP contribution in [0.5, 0.6) is 11.5 Å². The van der Waals surface area contributed by atoms with Crippen LogP contribution in [0.2, 0.25) is 0 Å². The number of hydrogen-bond donors (Lipinski definition) is 1. The summed E-state index contributed by atoms with van der Waals surface area (Å²) in [6.07, 6.45) is 0.473. The topological polar surface area (TPSA) is 35.2 Å². The summed E-state index contributed by atoms with van der Waals surface area (Å²) in [7, 11) is 0. The minimum Gasteiger partial charge on any atom is -0.454 e. The molecule has 2 rings (SSSR count). The van der Waals surface area contributed by atoms with E-state index >= 15 is 0 Å². The molecule has 0 unspecified atom stereocenters. The van der Waals surface area contributed by atoms with Crippen molar-refractivity contribution < 1.29 is 13.5 Å². The van der Waals surface area contributed by atoms with Crippen LogP contribution in [0.15, 0.2) is 36.4 Å². The number of nitrogens with two attached hydrogens (primary N) is 1. The molecule has 19 heavy (non-hydrogen) atoms. The first-order valence-corrected chi connectivity index (χ1v) is 6.02. The van der Waals surface area contributed by atoms with Crippen molar-refractivity contribution in [2.24, 2.45) is 5.73 Å². The van der Waals surface area contributed by atoms with Gasteiger partial charge in [-0.1, -0.05) is 6.07 Å². The molecule has 0 aliphatic heterocycles. The van der Waals surface area contributed by atoms with Crippen molar-refractivity contribution in [2.75, 3.05) is 6.54 Å². The van der Waals surface area contributed by atoms with E-state index in [0.717, 1.165) is 5.56 Å². The fourth-order valence-corrected chi connectivity index (χ4v) is 1.81. The van der Waals surface area contributed by atoms with E-state index in [1.807, 2.05) is 6.92 Å². The fraction of sp³-hybridized carbons (Fsp3) is 0.200. The first-order valence-electron chi connectivity index (χ1n) is 6.02. The molecule has 0 radical (unpaired) electrons. The third-order valence-electron chi connectivity index (χ3n) is 2.74. The molecule has 0 aliphatic carbocycles. The van der Waals surface area contributed by atoms with Crippen LogP contribution >= 0.6 is 0 Å². The molecular formula is C15H15F2NO. The van der Waals surface area contributed by atoms with Gasteiger partial charge in [-0.25, -0.2) is 8.78 Å². The third kappa shape index (κ3) is 3.29. The third-order valence-corrected chi connectivity index (χ3v) is 2.74. The van der Waals surface area contributed by atoms with Gasteiger partial charge in [0.1, 0.15) is 11.6 Å². The molecule has 0 saturated heterocycles. The van der Waals surface area contributed by atoms with Gasteiger partial charge in [0, 0.05) is 0 Å². The monoisotopic (exact) mass is 263 g/mol. The number of rotatable bonds is 4. The maximum Gasteiger partial charge on any atom is 0.165 e. The Balaban J connectivity index is 2.34.